The quantitative estimate of drug-likeness (QED) is 0.343. The topological polar surface area (TPSA) is 52.0 Å². The fourth-order valence-electron chi connectivity index (χ4n) is 1.01. The zero-order valence-corrected chi connectivity index (χ0v) is 8.19. The first kappa shape index (κ1) is 11.3. The van der Waals surface area contributed by atoms with E-state index in [9.17, 15) is 0 Å². The molecule has 0 aromatic carbocycles. The first-order valence-electron chi connectivity index (χ1n) is 4.40. The average molecular weight is 170 g/mol. The summed E-state index contributed by atoms with van der Waals surface area (Å²) < 4.78 is 0. The summed E-state index contributed by atoms with van der Waals surface area (Å²) in [6, 6.07) is 0. The van der Waals surface area contributed by atoms with Crippen LogP contribution in [0.15, 0.2) is 5.11 Å². The summed E-state index contributed by atoms with van der Waals surface area (Å²) in [5, 5.41) is 3.48. The lowest BCUT2D eigenvalue weighted by molar-refractivity contribution is 0.289. The van der Waals surface area contributed by atoms with Crippen LogP contribution in [0, 0.1) is 5.92 Å². The summed E-state index contributed by atoms with van der Waals surface area (Å²) in [5.41, 5.74) is 8.05. The molecule has 70 valence electrons. The van der Waals surface area contributed by atoms with Crippen molar-refractivity contribution in [1.29, 1.82) is 0 Å². The van der Waals surface area contributed by atoms with Gasteiger partial charge in [-0.05, 0) is 18.5 Å². The lowest BCUT2D eigenvalue weighted by atomic mass is 10.1. The SMILES string of the molecule is CCC(C)CN(C)CCN=[N+]=[N-]. The van der Waals surface area contributed by atoms with Gasteiger partial charge in [0, 0.05) is 24.5 Å². The Hall–Kier alpha value is -0.730. The van der Waals surface area contributed by atoms with Crippen LogP contribution < -0.4 is 0 Å². The third-order valence-corrected chi connectivity index (χ3v) is 1.97. The molecule has 0 N–H and O–H groups in total. The molecule has 1 unspecified atom stereocenters. The van der Waals surface area contributed by atoms with Crippen LogP contribution in [-0.4, -0.2) is 31.6 Å². The molecule has 0 amide bonds. The van der Waals surface area contributed by atoms with Crippen LogP contribution in [0.3, 0.4) is 0 Å². The Labute approximate surface area is 74.2 Å². The monoisotopic (exact) mass is 170 g/mol. The van der Waals surface area contributed by atoms with Crippen LogP contribution in [-0.2, 0) is 0 Å². The van der Waals surface area contributed by atoms with Gasteiger partial charge >= 0.3 is 0 Å². The van der Waals surface area contributed by atoms with E-state index in [4.69, 9.17) is 5.53 Å². The zero-order valence-electron chi connectivity index (χ0n) is 8.19. The highest BCUT2D eigenvalue weighted by molar-refractivity contribution is 4.59. The van der Waals surface area contributed by atoms with E-state index in [0.717, 1.165) is 19.0 Å². The van der Waals surface area contributed by atoms with Crippen molar-refractivity contribution in [2.45, 2.75) is 20.3 Å². The van der Waals surface area contributed by atoms with E-state index in [-0.39, 0.29) is 0 Å². The van der Waals surface area contributed by atoms with E-state index >= 15 is 0 Å². The normalized spacial score (nSPS) is 12.7. The highest BCUT2D eigenvalue weighted by atomic mass is 15.2. The van der Waals surface area contributed by atoms with Gasteiger partial charge in [0.2, 0.25) is 0 Å². The first-order chi connectivity index (χ1) is 5.70. The minimum absolute atomic E-state index is 0.573. The van der Waals surface area contributed by atoms with Crippen molar-refractivity contribution in [2.24, 2.45) is 11.0 Å². The Balaban J connectivity index is 3.44. The second kappa shape index (κ2) is 6.95. The number of nitrogens with zero attached hydrogens (tertiary/aromatic N) is 4. The van der Waals surface area contributed by atoms with Crippen LogP contribution >= 0.6 is 0 Å². The molecule has 0 aliphatic carbocycles. The third kappa shape index (κ3) is 6.01. The molecule has 0 aliphatic rings. The minimum Gasteiger partial charge on any atom is -0.306 e. The van der Waals surface area contributed by atoms with Gasteiger partial charge < -0.3 is 4.90 Å². The van der Waals surface area contributed by atoms with E-state index in [1.54, 1.807) is 0 Å². The zero-order chi connectivity index (χ0) is 9.40. The summed E-state index contributed by atoms with van der Waals surface area (Å²) in [7, 11) is 2.05. The van der Waals surface area contributed by atoms with Gasteiger partial charge in [-0.1, -0.05) is 25.4 Å². The maximum Gasteiger partial charge on any atom is 0.0385 e. The van der Waals surface area contributed by atoms with Crippen molar-refractivity contribution in [3.63, 3.8) is 0 Å². The molecular formula is C8H18N4. The molecule has 0 fully saturated rings. The lowest BCUT2D eigenvalue weighted by Crippen LogP contribution is -2.26. The molecule has 0 aliphatic heterocycles. The molecule has 0 aromatic rings. The number of hydrogen-bond acceptors (Lipinski definition) is 2. The van der Waals surface area contributed by atoms with Crippen LogP contribution in [0.2, 0.25) is 0 Å². The largest absolute Gasteiger partial charge is 0.306 e. The Morgan fingerprint density at radius 2 is 2.25 bits per heavy atom. The Morgan fingerprint density at radius 1 is 1.58 bits per heavy atom. The van der Waals surface area contributed by atoms with Gasteiger partial charge in [0.05, 0.1) is 0 Å². The van der Waals surface area contributed by atoms with Gasteiger partial charge in [-0.25, -0.2) is 0 Å². The maximum atomic E-state index is 8.05. The molecule has 0 bridgehead atoms. The smallest absolute Gasteiger partial charge is 0.0385 e. The fourth-order valence-corrected chi connectivity index (χ4v) is 1.01. The van der Waals surface area contributed by atoms with Gasteiger partial charge in [0.15, 0.2) is 0 Å². The van der Waals surface area contributed by atoms with E-state index in [1.165, 1.54) is 6.42 Å². The van der Waals surface area contributed by atoms with Gasteiger partial charge in [-0.15, -0.1) is 0 Å². The second-order valence-electron chi connectivity index (χ2n) is 3.23. The predicted molar refractivity (Wildman–Crippen MR) is 51.0 cm³/mol. The second-order valence-corrected chi connectivity index (χ2v) is 3.23. The molecule has 0 heterocycles. The van der Waals surface area contributed by atoms with Crippen molar-refractivity contribution in [3.05, 3.63) is 10.4 Å². The van der Waals surface area contributed by atoms with E-state index < -0.39 is 0 Å². The van der Waals surface area contributed by atoms with Crippen molar-refractivity contribution in [2.75, 3.05) is 26.7 Å². The third-order valence-electron chi connectivity index (χ3n) is 1.97. The van der Waals surface area contributed by atoms with Crippen LogP contribution in [0.1, 0.15) is 20.3 Å². The predicted octanol–water partition coefficient (Wildman–Crippen LogP) is 2.27. The molecule has 0 radical (unpaired) electrons. The highest BCUT2D eigenvalue weighted by Gasteiger charge is 2.02. The molecule has 12 heavy (non-hydrogen) atoms. The fraction of sp³-hybridized carbons (Fsp3) is 1.00. The molecule has 0 saturated heterocycles. The summed E-state index contributed by atoms with van der Waals surface area (Å²) in [4.78, 5) is 4.90. The molecule has 0 saturated carbocycles. The van der Waals surface area contributed by atoms with Crippen molar-refractivity contribution in [3.8, 4) is 0 Å². The van der Waals surface area contributed by atoms with Gasteiger partial charge in [0.25, 0.3) is 0 Å². The lowest BCUT2D eigenvalue weighted by Gasteiger charge is -2.18. The first-order valence-corrected chi connectivity index (χ1v) is 4.40. The molecule has 4 heteroatoms. The van der Waals surface area contributed by atoms with E-state index in [1.807, 2.05) is 0 Å². The van der Waals surface area contributed by atoms with E-state index in [0.29, 0.717) is 6.54 Å². The molecular weight excluding hydrogens is 152 g/mol. The Bertz CT molecular complexity index is 151. The summed E-state index contributed by atoms with van der Waals surface area (Å²) >= 11 is 0. The van der Waals surface area contributed by atoms with Crippen molar-refractivity contribution < 1.29 is 0 Å². The minimum atomic E-state index is 0.573. The molecule has 1 atom stereocenters. The van der Waals surface area contributed by atoms with Crippen LogP contribution in [0.25, 0.3) is 10.4 Å². The van der Waals surface area contributed by atoms with Gasteiger partial charge in [-0.2, -0.15) is 0 Å². The van der Waals surface area contributed by atoms with Crippen molar-refractivity contribution in [1.82, 2.24) is 4.90 Å². The van der Waals surface area contributed by atoms with Gasteiger partial charge in [0.1, 0.15) is 0 Å². The molecule has 4 nitrogen and oxygen atoms in total. The standard InChI is InChI=1S/C8H18N4/c1-4-8(2)7-12(3)6-5-10-11-9/h8H,4-7H2,1-3H3. The summed E-state index contributed by atoms with van der Waals surface area (Å²) in [5.74, 6) is 0.723. The number of azide groups is 1. The van der Waals surface area contributed by atoms with Gasteiger partial charge in [-0.3, -0.25) is 0 Å². The molecule has 0 rings (SSSR count). The molecule has 0 aromatic heterocycles. The maximum absolute atomic E-state index is 8.05. The Morgan fingerprint density at radius 3 is 2.75 bits per heavy atom. The Kier molecular flexibility index (Phi) is 6.53. The highest BCUT2D eigenvalue weighted by Crippen LogP contribution is 2.01. The van der Waals surface area contributed by atoms with Crippen LogP contribution in [0.4, 0.5) is 0 Å². The van der Waals surface area contributed by atoms with Crippen LogP contribution in [0.5, 0.6) is 0 Å². The summed E-state index contributed by atoms with van der Waals surface area (Å²) in [6.45, 7) is 6.92. The van der Waals surface area contributed by atoms with E-state index in [2.05, 4.69) is 35.8 Å². The number of likely N-dealkylation sites (N-methyl/N-ethyl adjacent to an activating group) is 1. The molecule has 0 spiro atoms. The number of hydrogen-bond donors (Lipinski definition) is 0. The number of rotatable bonds is 6. The average Bonchev–Trinajstić information content (AvgIpc) is 2.05. The summed E-state index contributed by atoms with van der Waals surface area (Å²) in [6.07, 6.45) is 1.20. The van der Waals surface area contributed by atoms with Crippen molar-refractivity contribution >= 4 is 0 Å².